The number of rotatable bonds is 5. The number of sulfonamides is 1. The summed E-state index contributed by atoms with van der Waals surface area (Å²) in [7, 11) is -3.48. The molecule has 2 heterocycles. The molecule has 0 spiro atoms. The average Bonchev–Trinajstić information content (AvgIpc) is 3.12. The average molecular weight is 457 g/mol. The summed E-state index contributed by atoms with van der Waals surface area (Å²) < 4.78 is 30.0. The van der Waals surface area contributed by atoms with Crippen molar-refractivity contribution in [3.63, 3.8) is 0 Å². The first-order chi connectivity index (χ1) is 16.0. The predicted molar refractivity (Wildman–Crippen MR) is 135 cm³/mol. The molecule has 0 bridgehead atoms. The summed E-state index contributed by atoms with van der Waals surface area (Å²) in [6, 6.07) is 25.7. The number of aryl methyl sites for hydroxylation is 1. The first kappa shape index (κ1) is 21.7. The minimum atomic E-state index is -3.48. The van der Waals surface area contributed by atoms with Gasteiger partial charge in [0.25, 0.3) is 0 Å². The molecule has 0 saturated heterocycles. The molecule has 0 unspecified atom stereocenters. The smallest absolute Gasteiger partial charge is 0.243 e. The highest BCUT2D eigenvalue weighted by Gasteiger charge is 2.27. The van der Waals surface area contributed by atoms with Crippen LogP contribution in [0.4, 0.5) is 0 Å². The molecule has 0 atom stereocenters. The first-order valence-corrected chi connectivity index (χ1v) is 12.8. The van der Waals surface area contributed by atoms with E-state index >= 15 is 0 Å². The van der Waals surface area contributed by atoms with E-state index < -0.39 is 10.0 Å². The molecule has 0 fully saturated rings. The van der Waals surface area contributed by atoms with Crippen LogP contribution in [0.3, 0.4) is 0 Å². The van der Waals surface area contributed by atoms with Gasteiger partial charge < -0.3 is 4.57 Å². The molecule has 1 aromatic heterocycles. The number of nitrogens with zero attached hydrogens (tertiary/aromatic N) is 2. The zero-order valence-electron chi connectivity index (χ0n) is 19.0. The Hall–Kier alpha value is -3.15. The fourth-order valence-corrected chi connectivity index (χ4v) is 6.24. The summed E-state index contributed by atoms with van der Waals surface area (Å²) in [5, 5.41) is 1.23. The molecule has 0 amide bonds. The summed E-state index contributed by atoms with van der Waals surface area (Å²) in [5.74, 6) is 0. The third kappa shape index (κ3) is 3.92. The Morgan fingerprint density at radius 2 is 1.55 bits per heavy atom. The first-order valence-electron chi connectivity index (χ1n) is 11.3. The van der Waals surface area contributed by atoms with Gasteiger partial charge in [0.05, 0.1) is 4.90 Å². The van der Waals surface area contributed by atoms with Crippen LogP contribution in [0.1, 0.15) is 28.8 Å². The molecule has 1 aliphatic rings. The van der Waals surface area contributed by atoms with E-state index in [0.717, 1.165) is 6.54 Å². The maximum atomic E-state index is 13.0. The molecule has 1 aliphatic heterocycles. The summed E-state index contributed by atoms with van der Waals surface area (Å²) in [5.41, 5.74) is 7.52. The van der Waals surface area contributed by atoms with Crippen LogP contribution < -0.4 is 0 Å². The lowest BCUT2D eigenvalue weighted by Gasteiger charge is -2.26. The number of benzene rings is 3. The highest BCUT2D eigenvalue weighted by Crippen LogP contribution is 2.36. The molecule has 4 nitrogen and oxygen atoms in total. The maximum Gasteiger partial charge on any atom is 0.243 e. The van der Waals surface area contributed by atoms with E-state index in [1.807, 2.05) is 6.07 Å². The Morgan fingerprint density at radius 3 is 2.27 bits per heavy atom. The number of fused-ring (bicyclic) bond motifs is 1. The van der Waals surface area contributed by atoms with Gasteiger partial charge in [0, 0.05) is 41.8 Å². The van der Waals surface area contributed by atoms with Gasteiger partial charge in [-0.15, -0.1) is 0 Å². The van der Waals surface area contributed by atoms with Crippen LogP contribution in [-0.4, -0.2) is 30.4 Å². The van der Waals surface area contributed by atoms with Gasteiger partial charge in [-0.2, -0.15) is 4.31 Å². The number of para-hydroxylation sites is 1. The van der Waals surface area contributed by atoms with E-state index in [4.69, 9.17) is 0 Å². The van der Waals surface area contributed by atoms with E-state index in [-0.39, 0.29) is 0 Å². The Morgan fingerprint density at radius 1 is 0.848 bits per heavy atom. The fourth-order valence-electron chi connectivity index (χ4n) is 4.84. The Labute approximate surface area is 195 Å². The number of aromatic nitrogens is 1. The fraction of sp³-hybridized carbons (Fsp3) is 0.214. The standard InChI is InChI=1S/C28H28N2O2S/c1-21-10-6-7-11-24(21)20-30-22(2)28(26-14-8-9-15-27(26)30)23-16-18-29(19-17-23)33(31,32)25-12-4-3-5-13-25/h3-16H,17-20H2,1-2H3. The SMILES string of the molecule is Cc1ccccc1Cn1c(C)c(C2=CCN(S(=O)(=O)c3ccccc3)CC2)c2ccccc21. The number of hydrogen-bond acceptors (Lipinski definition) is 2. The molecule has 33 heavy (non-hydrogen) atoms. The maximum absolute atomic E-state index is 13.0. The third-order valence-electron chi connectivity index (χ3n) is 6.69. The molecule has 5 heteroatoms. The summed E-state index contributed by atoms with van der Waals surface area (Å²) in [6.07, 6.45) is 2.79. The van der Waals surface area contributed by atoms with Crippen molar-refractivity contribution >= 4 is 26.5 Å². The van der Waals surface area contributed by atoms with Gasteiger partial charge in [-0.3, -0.25) is 0 Å². The van der Waals surface area contributed by atoms with Crippen LogP contribution in [0.15, 0.2) is 89.8 Å². The number of hydrogen-bond donors (Lipinski definition) is 0. The van der Waals surface area contributed by atoms with Crippen molar-refractivity contribution in [3.8, 4) is 0 Å². The largest absolute Gasteiger partial charge is 0.340 e. The van der Waals surface area contributed by atoms with Gasteiger partial charge in [-0.1, -0.05) is 66.7 Å². The van der Waals surface area contributed by atoms with Crippen LogP contribution in [0, 0.1) is 13.8 Å². The summed E-state index contributed by atoms with van der Waals surface area (Å²) in [6.45, 7) is 6.04. The van der Waals surface area contributed by atoms with Crippen molar-refractivity contribution in [2.75, 3.05) is 13.1 Å². The Balaban J connectivity index is 1.51. The van der Waals surface area contributed by atoms with Gasteiger partial charge in [0.15, 0.2) is 0 Å². The monoisotopic (exact) mass is 456 g/mol. The second-order valence-corrected chi connectivity index (χ2v) is 10.6. The molecule has 0 N–H and O–H groups in total. The van der Waals surface area contributed by atoms with E-state index in [2.05, 4.69) is 73.0 Å². The molecular weight excluding hydrogens is 428 g/mol. The molecular formula is C28H28N2O2S. The van der Waals surface area contributed by atoms with E-state index in [0.29, 0.717) is 24.4 Å². The Bertz CT molecular complexity index is 1450. The normalized spacial score (nSPS) is 15.0. The highest BCUT2D eigenvalue weighted by atomic mass is 32.2. The summed E-state index contributed by atoms with van der Waals surface area (Å²) in [4.78, 5) is 0.355. The third-order valence-corrected chi connectivity index (χ3v) is 8.57. The molecule has 168 valence electrons. The molecule has 0 saturated carbocycles. The van der Waals surface area contributed by atoms with Crippen LogP contribution in [0.25, 0.3) is 16.5 Å². The van der Waals surface area contributed by atoms with E-state index in [1.54, 1.807) is 28.6 Å². The zero-order chi connectivity index (χ0) is 23.0. The van der Waals surface area contributed by atoms with Crippen molar-refractivity contribution in [2.24, 2.45) is 0 Å². The van der Waals surface area contributed by atoms with Crippen LogP contribution in [0.5, 0.6) is 0 Å². The van der Waals surface area contributed by atoms with Crippen LogP contribution in [-0.2, 0) is 16.6 Å². The predicted octanol–water partition coefficient (Wildman–Crippen LogP) is 5.78. The zero-order valence-corrected chi connectivity index (χ0v) is 19.8. The van der Waals surface area contributed by atoms with Gasteiger partial charge >= 0.3 is 0 Å². The van der Waals surface area contributed by atoms with Crippen molar-refractivity contribution in [3.05, 3.63) is 107 Å². The molecule has 0 aliphatic carbocycles. The lowest BCUT2D eigenvalue weighted by atomic mass is 9.97. The lowest BCUT2D eigenvalue weighted by Crippen LogP contribution is -2.34. The Kier molecular flexibility index (Phi) is 5.69. The van der Waals surface area contributed by atoms with Gasteiger partial charge in [-0.05, 0) is 55.2 Å². The van der Waals surface area contributed by atoms with E-state index in [1.165, 1.54) is 38.9 Å². The second-order valence-electron chi connectivity index (χ2n) is 8.65. The molecule has 5 rings (SSSR count). The van der Waals surface area contributed by atoms with Crippen LogP contribution >= 0.6 is 0 Å². The summed E-state index contributed by atoms with van der Waals surface area (Å²) >= 11 is 0. The topological polar surface area (TPSA) is 42.3 Å². The van der Waals surface area contributed by atoms with Gasteiger partial charge in [0.2, 0.25) is 10.0 Å². The van der Waals surface area contributed by atoms with Crippen molar-refractivity contribution in [2.45, 2.75) is 31.7 Å². The van der Waals surface area contributed by atoms with Gasteiger partial charge in [0.1, 0.15) is 0 Å². The second kappa shape index (κ2) is 8.65. The minimum Gasteiger partial charge on any atom is -0.340 e. The van der Waals surface area contributed by atoms with Crippen LogP contribution in [0.2, 0.25) is 0 Å². The molecule has 3 aromatic carbocycles. The minimum absolute atomic E-state index is 0.355. The quantitative estimate of drug-likeness (QED) is 0.382. The molecule has 4 aromatic rings. The van der Waals surface area contributed by atoms with Crippen molar-refractivity contribution < 1.29 is 8.42 Å². The van der Waals surface area contributed by atoms with Crippen molar-refractivity contribution in [1.82, 2.24) is 8.87 Å². The molecule has 0 radical (unpaired) electrons. The lowest BCUT2D eigenvalue weighted by molar-refractivity contribution is 0.441. The van der Waals surface area contributed by atoms with Gasteiger partial charge in [-0.25, -0.2) is 8.42 Å². The van der Waals surface area contributed by atoms with Crippen molar-refractivity contribution in [1.29, 1.82) is 0 Å². The van der Waals surface area contributed by atoms with E-state index in [9.17, 15) is 8.42 Å². The highest BCUT2D eigenvalue weighted by molar-refractivity contribution is 7.89.